The molecule has 4 aromatic rings. The predicted octanol–water partition coefficient (Wildman–Crippen LogP) is 4.50. The van der Waals surface area contributed by atoms with E-state index < -0.39 is 5.97 Å². The zero-order chi connectivity index (χ0) is 17.4. The van der Waals surface area contributed by atoms with E-state index in [2.05, 4.69) is 46.8 Å². The van der Waals surface area contributed by atoms with Gasteiger partial charge in [-0.1, -0.05) is 18.2 Å². The maximum Gasteiger partial charge on any atom is 0.307 e. The van der Waals surface area contributed by atoms with Gasteiger partial charge in [0.2, 0.25) is 0 Å². The molecule has 0 saturated heterocycles. The molecule has 25 heavy (non-hydrogen) atoms. The van der Waals surface area contributed by atoms with Gasteiger partial charge in [-0.3, -0.25) is 9.78 Å². The lowest BCUT2D eigenvalue weighted by Crippen LogP contribution is -1.99. The summed E-state index contributed by atoms with van der Waals surface area (Å²) in [4.78, 5) is 15.6. The lowest BCUT2D eigenvalue weighted by Gasteiger charge is -2.06. The Labute approximate surface area is 145 Å². The van der Waals surface area contributed by atoms with E-state index in [1.807, 2.05) is 24.4 Å². The molecule has 0 bridgehead atoms. The predicted molar refractivity (Wildman–Crippen MR) is 99.7 cm³/mol. The summed E-state index contributed by atoms with van der Waals surface area (Å²) in [6.07, 6.45) is 3.78. The zero-order valence-electron chi connectivity index (χ0n) is 13.9. The lowest BCUT2D eigenvalue weighted by molar-refractivity contribution is -0.136. The fraction of sp³-hybridized carbons (Fsp3) is 0.143. The minimum absolute atomic E-state index is 0.0363. The summed E-state index contributed by atoms with van der Waals surface area (Å²) in [6, 6.07) is 16.4. The highest BCUT2D eigenvalue weighted by Crippen LogP contribution is 2.30. The van der Waals surface area contributed by atoms with E-state index in [1.165, 1.54) is 0 Å². The van der Waals surface area contributed by atoms with E-state index in [0.717, 1.165) is 45.0 Å². The smallest absolute Gasteiger partial charge is 0.307 e. The molecule has 2 heterocycles. The summed E-state index contributed by atoms with van der Waals surface area (Å²) >= 11 is 0. The Balaban J connectivity index is 1.87. The van der Waals surface area contributed by atoms with Gasteiger partial charge in [0, 0.05) is 35.2 Å². The van der Waals surface area contributed by atoms with Crippen LogP contribution < -0.4 is 0 Å². The van der Waals surface area contributed by atoms with Gasteiger partial charge < -0.3 is 9.67 Å². The van der Waals surface area contributed by atoms with Crippen molar-refractivity contribution in [2.24, 2.45) is 0 Å². The summed E-state index contributed by atoms with van der Waals surface area (Å²) in [5, 5.41) is 11.3. The standard InChI is InChI=1S/C21H18N2O2/c1-2-23-13-17(12-21(24)25)18-11-15(6-8-20(18)23)14-5-7-19-16(10-14)4-3-9-22-19/h3-11,13H,2,12H2,1H3,(H,24,25). The first-order valence-electron chi connectivity index (χ1n) is 8.34. The maximum atomic E-state index is 11.2. The van der Waals surface area contributed by atoms with Crippen molar-refractivity contribution in [1.82, 2.24) is 9.55 Å². The molecule has 0 unspecified atom stereocenters. The largest absolute Gasteiger partial charge is 0.481 e. The molecule has 0 saturated carbocycles. The number of hydrogen-bond donors (Lipinski definition) is 1. The van der Waals surface area contributed by atoms with Gasteiger partial charge in [0.1, 0.15) is 0 Å². The van der Waals surface area contributed by atoms with Gasteiger partial charge in [-0.2, -0.15) is 0 Å². The topological polar surface area (TPSA) is 55.1 Å². The van der Waals surface area contributed by atoms with Gasteiger partial charge >= 0.3 is 5.97 Å². The molecule has 0 fully saturated rings. The van der Waals surface area contributed by atoms with Gasteiger partial charge in [0.15, 0.2) is 0 Å². The second-order valence-corrected chi connectivity index (χ2v) is 6.15. The maximum absolute atomic E-state index is 11.2. The third-order valence-electron chi connectivity index (χ3n) is 4.58. The minimum Gasteiger partial charge on any atom is -0.481 e. The quantitative estimate of drug-likeness (QED) is 0.599. The fourth-order valence-electron chi connectivity index (χ4n) is 3.37. The number of benzene rings is 2. The van der Waals surface area contributed by atoms with Crippen LogP contribution in [0.25, 0.3) is 32.9 Å². The van der Waals surface area contributed by atoms with Crippen molar-refractivity contribution in [1.29, 1.82) is 0 Å². The molecular formula is C21H18N2O2. The number of aliphatic carboxylic acids is 1. The van der Waals surface area contributed by atoms with E-state index >= 15 is 0 Å². The van der Waals surface area contributed by atoms with Crippen molar-refractivity contribution < 1.29 is 9.90 Å². The molecule has 4 heteroatoms. The van der Waals surface area contributed by atoms with Crippen molar-refractivity contribution in [3.05, 3.63) is 66.5 Å². The van der Waals surface area contributed by atoms with Crippen LogP contribution in [0.1, 0.15) is 12.5 Å². The van der Waals surface area contributed by atoms with Crippen molar-refractivity contribution in [3.63, 3.8) is 0 Å². The Kier molecular flexibility index (Phi) is 3.73. The molecule has 0 radical (unpaired) electrons. The first-order chi connectivity index (χ1) is 12.2. The molecule has 0 aliphatic heterocycles. The molecule has 124 valence electrons. The molecule has 1 N–H and O–H groups in total. The van der Waals surface area contributed by atoms with E-state index in [9.17, 15) is 9.90 Å². The summed E-state index contributed by atoms with van der Waals surface area (Å²) in [5.41, 5.74) is 5.08. The van der Waals surface area contributed by atoms with Crippen LogP contribution in [-0.4, -0.2) is 20.6 Å². The summed E-state index contributed by atoms with van der Waals surface area (Å²) in [5.74, 6) is -0.808. The molecule has 0 atom stereocenters. The molecule has 0 aliphatic rings. The van der Waals surface area contributed by atoms with Gasteiger partial charge in [0.05, 0.1) is 11.9 Å². The number of carbonyl (C=O) groups is 1. The normalized spacial score (nSPS) is 11.2. The lowest BCUT2D eigenvalue weighted by atomic mass is 10.0. The Hall–Kier alpha value is -3.14. The Morgan fingerprint density at radius 1 is 1.12 bits per heavy atom. The summed E-state index contributed by atoms with van der Waals surface area (Å²) in [7, 11) is 0. The molecule has 0 amide bonds. The number of aryl methyl sites for hydroxylation is 1. The van der Waals surface area contributed by atoms with Crippen LogP contribution in [0.3, 0.4) is 0 Å². The molecule has 2 aromatic carbocycles. The van der Waals surface area contributed by atoms with E-state index in [0.29, 0.717) is 0 Å². The average molecular weight is 330 g/mol. The van der Waals surface area contributed by atoms with Crippen LogP contribution in [0.15, 0.2) is 60.9 Å². The van der Waals surface area contributed by atoms with Crippen LogP contribution in [0.5, 0.6) is 0 Å². The third kappa shape index (κ3) is 2.76. The number of pyridine rings is 1. The van der Waals surface area contributed by atoms with Crippen LogP contribution in [-0.2, 0) is 17.8 Å². The number of carboxylic acid groups (broad SMARTS) is 1. The highest BCUT2D eigenvalue weighted by Gasteiger charge is 2.12. The second kappa shape index (κ2) is 6.06. The van der Waals surface area contributed by atoms with E-state index in [1.54, 1.807) is 6.20 Å². The Morgan fingerprint density at radius 3 is 2.72 bits per heavy atom. The van der Waals surface area contributed by atoms with Crippen molar-refractivity contribution in [2.75, 3.05) is 0 Å². The number of rotatable bonds is 4. The molecule has 0 spiro atoms. The number of fused-ring (bicyclic) bond motifs is 2. The average Bonchev–Trinajstić information content (AvgIpc) is 2.97. The third-order valence-corrected chi connectivity index (χ3v) is 4.58. The molecule has 0 aliphatic carbocycles. The SMILES string of the molecule is CCn1cc(CC(=O)O)c2cc(-c3ccc4ncccc4c3)ccc21. The molecule has 2 aromatic heterocycles. The number of nitrogens with zero attached hydrogens (tertiary/aromatic N) is 2. The van der Waals surface area contributed by atoms with Crippen molar-refractivity contribution in [3.8, 4) is 11.1 Å². The summed E-state index contributed by atoms with van der Waals surface area (Å²) in [6.45, 7) is 2.88. The molecular weight excluding hydrogens is 312 g/mol. The summed E-state index contributed by atoms with van der Waals surface area (Å²) < 4.78 is 2.10. The van der Waals surface area contributed by atoms with Crippen molar-refractivity contribution in [2.45, 2.75) is 19.9 Å². The second-order valence-electron chi connectivity index (χ2n) is 6.15. The van der Waals surface area contributed by atoms with Gasteiger partial charge in [-0.05, 0) is 53.9 Å². The van der Waals surface area contributed by atoms with Crippen LogP contribution in [0, 0.1) is 0 Å². The minimum atomic E-state index is -0.808. The van der Waals surface area contributed by atoms with Gasteiger partial charge in [0.25, 0.3) is 0 Å². The Bertz CT molecular complexity index is 1100. The van der Waals surface area contributed by atoms with Gasteiger partial charge in [-0.15, -0.1) is 0 Å². The number of hydrogen-bond acceptors (Lipinski definition) is 2. The monoisotopic (exact) mass is 330 g/mol. The van der Waals surface area contributed by atoms with Crippen molar-refractivity contribution >= 4 is 27.8 Å². The van der Waals surface area contributed by atoms with Gasteiger partial charge in [-0.25, -0.2) is 0 Å². The fourth-order valence-corrected chi connectivity index (χ4v) is 3.37. The highest BCUT2D eigenvalue weighted by atomic mass is 16.4. The Morgan fingerprint density at radius 2 is 1.92 bits per heavy atom. The zero-order valence-corrected chi connectivity index (χ0v) is 13.9. The van der Waals surface area contributed by atoms with Crippen LogP contribution >= 0.6 is 0 Å². The first kappa shape index (κ1) is 15.4. The van der Waals surface area contributed by atoms with E-state index in [-0.39, 0.29) is 6.42 Å². The number of aromatic nitrogens is 2. The number of carboxylic acids is 1. The van der Waals surface area contributed by atoms with Crippen LogP contribution in [0.2, 0.25) is 0 Å². The highest BCUT2D eigenvalue weighted by molar-refractivity contribution is 5.92. The van der Waals surface area contributed by atoms with Crippen LogP contribution in [0.4, 0.5) is 0 Å². The first-order valence-corrected chi connectivity index (χ1v) is 8.34. The molecule has 4 rings (SSSR count). The van der Waals surface area contributed by atoms with E-state index in [4.69, 9.17) is 0 Å². The molecule has 4 nitrogen and oxygen atoms in total.